The highest BCUT2D eigenvalue weighted by Crippen LogP contribution is 2.33. The fraction of sp³-hybridized carbons (Fsp3) is 0.842. The summed E-state index contributed by atoms with van der Waals surface area (Å²) in [4.78, 5) is 25.4. The molecule has 280 valence electrons. The van der Waals surface area contributed by atoms with Gasteiger partial charge in [0.15, 0.2) is 0 Å². The number of unbranched alkanes of at least 4 members (excludes halogenated alkanes) is 18. The van der Waals surface area contributed by atoms with Crippen molar-refractivity contribution in [1.29, 1.82) is 0 Å². The molecular formula is C38H68O4S6. The summed E-state index contributed by atoms with van der Waals surface area (Å²) in [6, 6.07) is 0. The van der Waals surface area contributed by atoms with Crippen LogP contribution in [0.3, 0.4) is 0 Å². The van der Waals surface area contributed by atoms with E-state index < -0.39 is 9.49 Å². The zero-order valence-corrected chi connectivity index (χ0v) is 36.1. The molecule has 0 unspecified atom stereocenters. The summed E-state index contributed by atoms with van der Waals surface area (Å²) in [6.45, 7) is 12.1. The largest absolute Gasteiger partial charge is 0.460 e. The van der Waals surface area contributed by atoms with Gasteiger partial charge in [0, 0.05) is 0 Å². The van der Waals surface area contributed by atoms with Gasteiger partial charge in [0.05, 0.1) is 0 Å². The average Bonchev–Trinajstić information content (AvgIpc) is 3.03. The number of carbonyl (C=O) groups excluding carboxylic acids is 2. The minimum atomic E-state index is -0.757. The van der Waals surface area contributed by atoms with Crippen LogP contribution in [-0.4, -0.2) is 53.2 Å². The summed E-state index contributed by atoms with van der Waals surface area (Å²) in [5, 5.41) is 0. The Labute approximate surface area is 323 Å². The Kier molecular flexibility index (Phi) is 32.1. The normalized spacial score (nSPS) is 12.0. The fourth-order valence-electron chi connectivity index (χ4n) is 4.78. The zero-order chi connectivity index (χ0) is 35.9. The first kappa shape index (κ1) is 48.3. The number of ether oxygens (including phenoxy) is 2. The molecule has 0 N–H and O–H groups in total. The molecule has 4 nitrogen and oxygen atoms in total. The predicted octanol–water partition coefficient (Wildman–Crippen LogP) is 13.5. The third-order valence-electron chi connectivity index (χ3n) is 7.88. The third kappa shape index (κ3) is 28.9. The second-order valence-corrected chi connectivity index (χ2v) is 21.3. The molecule has 0 spiro atoms. The summed E-state index contributed by atoms with van der Waals surface area (Å²) in [5.41, 5.74) is 0. The van der Waals surface area contributed by atoms with Crippen LogP contribution in [0.25, 0.3) is 0 Å². The van der Waals surface area contributed by atoms with Crippen LogP contribution < -0.4 is 0 Å². The highest BCUT2D eigenvalue weighted by atomic mass is 32.2. The van der Waals surface area contributed by atoms with Crippen molar-refractivity contribution in [2.24, 2.45) is 0 Å². The maximum absolute atomic E-state index is 12.7. The molecule has 0 aliphatic heterocycles. The summed E-state index contributed by atoms with van der Waals surface area (Å²) < 4.78 is 11.0. The van der Waals surface area contributed by atoms with Crippen molar-refractivity contribution in [3.63, 3.8) is 0 Å². The van der Waals surface area contributed by atoms with Crippen LogP contribution in [0.1, 0.15) is 170 Å². The summed E-state index contributed by atoms with van der Waals surface area (Å²) in [7, 11) is 0. The smallest absolute Gasteiger partial charge is 0.322 e. The van der Waals surface area contributed by atoms with Gasteiger partial charge in [-0.05, 0) is 64.2 Å². The molecular weight excluding hydrogens is 713 g/mol. The van der Waals surface area contributed by atoms with E-state index >= 15 is 0 Å². The molecule has 0 radical (unpaired) electrons. The van der Waals surface area contributed by atoms with Gasteiger partial charge in [-0.1, -0.05) is 177 Å². The van der Waals surface area contributed by atoms with Crippen molar-refractivity contribution >= 4 is 90.5 Å². The molecule has 0 aromatic rings. The van der Waals surface area contributed by atoms with E-state index in [0.29, 0.717) is 0 Å². The summed E-state index contributed by atoms with van der Waals surface area (Å²) >= 11 is 17.2. The Morgan fingerprint density at radius 1 is 0.500 bits per heavy atom. The molecule has 48 heavy (non-hydrogen) atoms. The first-order valence-electron chi connectivity index (χ1n) is 18.7. The van der Waals surface area contributed by atoms with Crippen molar-refractivity contribution < 1.29 is 19.1 Å². The highest BCUT2D eigenvalue weighted by molar-refractivity contribution is 8.48. The quantitative estimate of drug-likeness (QED) is 0.0305. The SMILES string of the molecule is CCCCCCCCCCCCSC(=S)SC(C)(C)C(=O)OC/C=C\COC(=O)C(C)(C)SC(=S)SCCCCCCCCCCCC. The first-order chi connectivity index (χ1) is 23.0. The van der Waals surface area contributed by atoms with Gasteiger partial charge in [0.2, 0.25) is 0 Å². The molecule has 0 bridgehead atoms. The monoisotopic (exact) mass is 780 g/mol. The molecule has 0 saturated heterocycles. The molecule has 0 heterocycles. The van der Waals surface area contributed by atoms with Crippen LogP contribution in [0, 0.1) is 0 Å². The number of esters is 2. The second-order valence-electron chi connectivity index (χ2n) is 13.5. The minimum absolute atomic E-state index is 0.122. The lowest BCUT2D eigenvalue weighted by Crippen LogP contribution is -2.31. The number of rotatable bonds is 30. The molecule has 0 saturated carbocycles. The van der Waals surface area contributed by atoms with Crippen LogP contribution in [0.2, 0.25) is 0 Å². The lowest BCUT2D eigenvalue weighted by Gasteiger charge is -2.22. The van der Waals surface area contributed by atoms with Crippen molar-refractivity contribution in [3.05, 3.63) is 12.2 Å². The second kappa shape index (κ2) is 32.0. The lowest BCUT2D eigenvalue weighted by molar-refractivity contribution is -0.145. The van der Waals surface area contributed by atoms with E-state index in [2.05, 4.69) is 13.8 Å². The summed E-state index contributed by atoms with van der Waals surface area (Å²) in [6.07, 6.45) is 29.8. The Bertz CT molecular complexity index is 820. The topological polar surface area (TPSA) is 52.6 Å². The van der Waals surface area contributed by atoms with Gasteiger partial charge in [-0.25, -0.2) is 0 Å². The zero-order valence-electron chi connectivity index (χ0n) is 31.2. The molecule has 0 amide bonds. The van der Waals surface area contributed by atoms with E-state index in [1.54, 1.807) is 35.7 Å². The molecule has 0 aromatic carbocycles. The van der Waals surface area contributed by atoms with Gasteiger partial charge < -0.3 is 9.47 Å². The predicted molar refractivity (Wildman–Crippen MR) is 228 cm³/mol. The minimum Gasteiger partial charge on any atom is -0.460 e. The van der Waals surface area contributed by atoms with Gasteiger partial charge >= 0.3 is 11.9 Å². The van der Waals surface area contributed by atoms with Crippen LogP contribution >= 0.6 is 71.5 Å². The first-order valence-corrected chi connectivity index (χ1v) is 23.1. The average molecular weight is 781 g/mol. The standard InChI is InChI=1S/C38H68O4S6/c1-7-9-11-13-15-17-19-21-23-27-31-45-35(43)47-37(3,4)33(39)41-29-25-26-30-42-34(40)38(5,6)48-36(44)46-32-28-24-22-20-18-16-14-12-10-8-2/h25-26H,7-24,27-32H2,1-6H3/b26-25-. The highest BCUT2D eigenvalue weighted by Gasteiger charge is 2.32. The number of thiocarbonyl (C=S) groups is 2. The molecule has 0 rings (SSSR count). The number of thioether (sulfide) groups is 4. The van der Waals surface area contributed by atoms with Crippen molar-refractivity contribution in [1.82, 2.24) is 0 Å². The van der Waals surface area contributed by atoms with Gasteiger partial charge in [0.1, 0.15) is 29.8 Å². The van der Waals surface area contributed by atoms with E-state index in [-0.39, 0.29) is 25.2 Å². The van der Waals surface area contributed by atoms with Crippen LogP contribution in [-0.2, 0) is 19.1 Å². The fourth-order valence-corrected chi connectivity index (χ4v) is 10.9. The number of hydrogen-bond donors (Lipinski definition) is 0. The molecule has 10 heteroatoms. The molecule has 0 atom stereocenters. The van der Waals surface area contributed by atoms with Crippen LogP contribution in [0.4, 0.5) is 0 Å². The Hall–Kier alpha value is 0.260. The van der Waals surface area contributed by atoms with Gasteiger partial charge in [-0.3, -0.25) is 9.59 Å². The van der Waals surface area contributed by atoms with Crippen molar-refractivity contribution in [3.8, 4) is 0 Å². The van der Waals surface area contributed by atoms with E-state index in [4.69, 9.17) is 33.9 Å². The van der Waals surface area contributed by atoms with Crippen LogP contribution in [0.15, 0.2) is 12.2 Å². The van der Waals surface area contributed by atoms with Gasteiger partial charge in [-0.15, -0.1) is 23.5 Å². The van der Waals surface area contributed by atoms with Crippen molar-refractivity contribution in [2.75, 3.05) is 24.7 Å². The van der Waals surface area contributed by atoms with E-state index in [0.717, 1.165) is 31.4 Å². The lowest BCUT2D eigenvalue weighted by atomic mass is 10.1. The maximum atomic E-state index is 12.7. The Balaban J connectivity index is 4.01. The number of carbonyl (C=O) groups is 2. The van der Waals surface area contributed by atoms with E-state index in [1.807, 2.05) is 27.7 Å². The van der Waals surface area contributed by atoms with Gasteiger partial charge in [-0.2, -0.15) is 0 Å². The molecule has 0 aliphatic carbocycles. The third-order valence-corrected chi connectivity index (χ3v) is 13.4. The maximum Gasteiger partial charge on any atom is 0.322 e. The Morgan fingerprint density at radius 2 is 0.771 bits per heavy atom. The van der Waals surface area contributed by atoms with E-state index in [9.17, 15) is 9.59 Å². The Morgan fingerprint density at radius 3 is 1.06 bits per heavy atom. The van der Waals surface area contributed by atoms with Gasteiger partial charge in [0.25, 0.3) is 0 Å². The molecule has 0 aromatic heterocycles. The molecule has 0 fully saturated rings. The molecule has 0 aliphatic rings. The van der Waals surface area contributed by atoms with Crippen molar-refractivity contribution in [2.45, 2.75) is 179 Å². The van der Waals surface area contributed by atoms with E-state index in [1.165, 1.54) is 139 Å². The van der Waals surface area contributed by atoms with Crippen LogP contribution in [0.5, 0.6) is 0 Å². The number of hydrogen-bond acceptors (Lipinski definition) is 10. The summed E-state index contributed by atoms with van der Waals surface area (Å²) in [5.74, 6) is 1.37.